The number of nitrogens with zero attached hydrogens (tertiary/aromatic N) is 7. The van der Waals surface area contributed by atoms with Crippen LogP contribution in [0.5, 0.6) is 0 Å². The largest absolute Gasteiger partial charge is 0.357 e. The number of ketones is 1. The van der Waals surface area contributed by atoms with Gasteiger partial charge in [-0.2, -0.15) is 0 Å². The number of likely N-dealkylation sites (N-methyl/N-ethyl adjacent to an activating group) is 1. The fraction of sp³-hybridized carbons (Fsp3) is 0.280. The molecule has 4 aromatic rings. The Morgan fingerprint density at radius 1 is 1.05 bits per heavy atom. The average molecular weight is 505 g/mol. The third-order valence-corrected chi connectivity index (χ3v) is 6.47. The molecule has 1 aliphatic heterocycles. The number of rotatable bonds is 6. The van der Waals surface area contributed by atoms with Crippen LogP contribution in [0, 0.1) is 5.82 Å². The second-order valence-corrected chi connectivity index (χ2v) is 8.95. The fourth-order valence-electron chi connectivity index (χ4n) is 4.63. The molecule has 3 aromatic heterocycles. The Kier molecular flexibility index (Phi) is 6.49. The molecular formula is C25H25FN8O3. The molecule has 1 atom stereocenters. The Morgan fingerprint density at radius 2 is 1.76 bits per heavy atom. The molecule has 1 fully saturated rings. The molecule has 11 nitrogen and oxygen atoms in total. The number of carbonyl (C=O) groups excluding carboxylic acids is 3. The van der Waals surface area contributed by atoms with E-state index < -0.39 is 23.5 Å². The van der Waals surface area contributed by atoms with Crippen molar-refractivity contribution in [2.24, 2.45) is 0 Å². The predicted octanol–water partition coefficient (Wildman–Crippen LogP) is 1.44. The van der Waals surface area contributed by atoms with E-state index in [2.05, 4.69) is 20.3 Å². The number of hydrogen-bond donors (Lipinski definition) is 1. The number of piperazine rings is 1. The van der Waals surface area contributed by atoms with Gasteiger partial charge in [-0.1, -0.05) is 35.5 Å². The van der Waals surface area contributed by atoms with Gasteiger partial charge in [0.15, 0.2) is 11.6 Å². The van der Waals surface area contributed by atoms with E-state index in [1.54, 1.807) is 4.90 Å². The first-order chi connectivity index (χ1) is 17.9. The molecule has 1 saturated heterocycles. The highest BCUT2D eigenvalue weighted by molar-refractivity contribution is 6.45. The highest BCUT2D eigenvalue weighted by Gasteiger charge is 2.34. The normalized spacial score (nSPS) is 14.8. The summed E-state index contributed by atoms with van der Waals surface area (Å²) in [7, 11) is 3.69. The first-order valence-corrected chi connectivity index (χ1v) is 11.7. The molecule has 1 aliphatic rings. The highest BCUT2D eigenvalue weighted by Crippen LogP contribution is 2.26. The van der Waals surface area contributed by atoms with Crippen LogP contribution in [0.4, 0.5) is 4.39 Å². The van der Waals surface area contributed by atoms with E-state index in [-0.39, 0.29) is 54.4 Å². The molecule has 0 aliphatic carbocycles. The SMILES string of the molecule is CN(C)[C@H](C(=O)N1CCN(C(=O)C(=O)c2c[nH]c3c(-n4ccnn4)ncc(F)c23)CC1)c1ccccc1. The number of fused-ring (bicyclic) bond motifs is 1. The maximum absolute atomic E-state index is 14.7. The zero-order chi connectivity index (χ0) is 26.1. The minimum absolute atomic E-state index is 0.0376. The molecule has 0 saturated carbocycles. The van der Waals surface area contributed by atoms with Gasteiger partial charge in [-0.05, 0) is 19.7 Å². The number of hydrogen-bond acceptors (Lipinski definition) is 7. The van der Waals surface area contributed by atoms with Gasteiger partial charge in [0.25, 0.3) is 11.7 Å². The van der Waals surface area contributed by atoms with E-state index in [9.17, 15) is 18.8 Å². The summed E-state index contributed by atoms with van der Waals surface area (Å²) >= 11 is 0. The van der Waals surface area contributed by atoms with Crippen LogP contribution in [0.1, 0.15) is 22.0 Å². The van der Waals surface area contributed by atoms with E-state index in [1.165, 1.54) is 28.2 Å². The molecule has 0 unspecified atom stereocenters. The van der Waals surface area contributed by atoms with Crippen molar-refractivity contribution in [1.82, 2.24) is 39.7 Å². The minimum Gasteiger partial charge on any atom is -0.357 e. The lowest BCUT2D eigenvalue weighted by Crippen LogP contribution is -2.54. The van der Waals surface area contributed by atoms with E-state index >= 15 is 0 Å². The monoisotopic (exact) mass is 504 g/mol. The Labute approximate surface area is 211 Å². The number of aromatic amines is 1. The van der Waals surface area contributed by atoms with Crippen molar-refractivity contribution < 1.29 is 18.8 Å². The van der Waals surface area contributed by atoms with Crippen LogP contribution in [-0.4, -0.2) is 97.5 Å². The van der Waals surface area contributed by atoms with Crippen LogP contribution in [0.3, 0.4) is 0 Å². The van der Waals surface area contributed by atoms with Crippen molar-refractivity contribution in [3.05, 3.63) is 72.1 Å². The summed E-state index contributed by atoms with van der Waals surface area (Å²) in [5.74, 6) is -2.14. The molecule has 0 spiro atoms. The van der Waals surface area contributed by atoms with Crippen molar-refractivity contribution in [3.8, 4) is 5.82 Å². The predicted molar refractivity (Wildman–Crippen MR) is 131 cm³/mol. The Bertz CT molecular complexity index is 1440. The molecule has 5 rings (SSSR count). The number of nitrogens with one attached hydrogen (secondary N) is 1. The number of H-pyrrole nitrogens is 1. The topological polar surface area (TPSA) is 120 Å². The van der Waals surface area contributed by atoms with Gasteiger partial charge < -0.3 is 14.8 Å². The zero-order valence-corrected chi connectivity index (χ0v) is 20.3. The third kappa shape index (κ3) is 4.47. The Balaban J connectivity index is 1.31. The molecule has 190 valence electrons. The summed E-state index contributed by atoms with van der Waals surface area (Å²) in [5.41, 5.74) is 1.02. The van der Waals surface area contributed by atoms with Crippen LogP contribution in [0.25, 0.3) is 16.7 Å². The molecule has 0 radical (unpaired) electrons. The number of carbonyl (C=O) groups is 3. The molecule has 2 amide bonds. The minimum atomic E-state index is -0.837. The Hall–Kier alpha value is -4.45. The summed E-state index contributed by atoms with van der Waals surface area (Å²) in [6.07, 6.45) is 5.26. The van der Waals surface area contributed by atoms with E-state index in [1.807, 2.05) is 49.3 Å². The van der Waals surface area contributed by atoms with Gasteiger partial charge in [0, 0.05) is 32.4 Å². The first kappa shape index (κ1) is 24.3. The summed E-state index contributed by atoms with van der Waals surface area (Å²) in [4.78, 5) is 51.4. The number of halogens is 1. The highest BCUT2D eigenvalue weighted by atomic mass is 19.1. The number of amides is 2. The maximum atomic E-state index is 14.7. The standard InChI is InChI=1S/C25H25FN8O3/c1-31(2)21(16-6-4-3-5-7-16)24(36)32-10-12-33(13-11-32)25(37)22(35)17-14-27-20-19(17)18(26)15-28-23(20)34-9-8-29-30-34/h3-9,14-15,21,27H,10-13H2,1-2H3/t21-/m0/s1. The lowest BCUT2D eigenvalue weighted by Gasteiger charge is -2.37. The second-order valence-electron chi connectivity index (χ2n) is 8.95. The molecular weight excluding hydrogens is 479 g/mol. The van der Waals surface area contributed by atoms with Crippen molar-refractivity contribution in [2.45, 2.75) is 6.04 Å². The maximum Gasteiger partial charge on any atom is 0.295 e. The van der Waals surface area contributed by atoms with Crippen LogP contribution in [0.2, 0.25) is 0 Å². The van der Waals surface area contributed by atoms with Gasteiger partial charge in [0.2, 0.25) is 5.91 Å². The van der Waals surface area contributed by atoms with Gasteiger partial charge in [0.05, 0.1) is 35.1 Å². The lowest BCUT2D eigenvalue weighted by atomic mass is 10.0. The molecule has 1 N–H and O–H groups in total. The summed E-state index contributed by atoms with van der Waals surface area (Å²) < 4.78 is 16.1. The number of Topliss-reactive ketones (excluding diaryl/α,β-unsaturated/α-hetero) is 1. The molecule has 0 bridgehead atoms. The van der Waals surface area contributed by atoms with E-state index in [4.69, 9.17) is 0 Å². The van der Waals surface area contributed by atoms with Gasteiger partial charge in [-0.15, -0.1) is 5.10 Å². The summed E-state index contributed by atoms with van der Waals surface area (Å²) in [5, 5.41) is 7.54. The van der Waals surface area contributed by atoms with Crippen molar-refractivity contribution >= 4 is 28.5 Å². The van der Waals surface area contributed by atoms with Gasteiger partial charge in [-0.3, -0.25) is 19.3 Å². The Morgan fingerprint density at radius 3 is 2.41 bits per heavy atom. The van der Waals surface area contributed by atoms with Crippen LogP contribution < -0.4 is 0 Å². The van der Waals surface area contributed by atoms with E-state index in [0.29, 0.717) is 0 Å². The zero-order valence-electron chi connectivity index (χ0n) is 20.3. The quantitative estimate of drug-likeness (QED) is 0.312. The van der Waals surface area contributed by atoms with Gasteiger partial charge in [-0.25, -0.2) is 14.1 Å². The van der Waals surface area contributed by atoms with Crippen molar-refractivity contribution in [1.29, 1.82) is 0 Å². The van der Waals surface area contributed by atoms with Crippen LogP contribution in [0.15, 0.2) is 55.1 Å². The van der Waals surface area contributed by atoms with Gasteiger partial charge >= 0.3 is 0 Å². The van der Waals surface area contributed by atoms with Crippen molar-refractivity contribution in [2.75, 3.05) is 40.3 Å². The smallest absolute Gasteiger partial charge is 0.295 e. The average Bonchev–Trinajstić information content (AvgIpc) is 3.60. The molecule has 1 aromatic carbocycles. The first-order valence-electron chi connectivity index (χ1n) is 11.7. The van der Waals surface area contributed by atoms with Gasteiger partial charge in [0.1, 0.15) is 6.04 Å². The number of aromatic nitrogens is 5. The lowest BCUT2D eigenvalue weighted by molar-refractivity contribution is -0.141. The number of pyridine rings is 1. The molecule has 4 heterocycles. The molecule has 37 heavy (non-hydrogen) atoms. The van der Waals surface area contributed by atoms with Crippen LogP contribution in [-0.2, 0) is 9.59 Å². The summed E-state index contributed by atoms with van der Waals surface area (Å²) in [6, 6.07) is 9.04. The molecule has 12 heteroatoms. The van der Waals surface area contributed by atoms with Crippen LogP contribution >= 0.6 is 0 Å². The summed E-state index contributed by atoms with van der Waals surface area (Å²) in [6.45, 7) is 0.971. The van der Waals surface area contributed by atoms with E-state index in [0.717, 1.165) is 11.8 Å². The fourth-order valence-corrected chi connectivity index (χ4v) is 4.63. The third-order valence-electron chi connectivity index (χ3n) is 6.47. The second kappa shape index (κ2) is 9.90. The van der Waals surface area contributed by atoms with Crippen molar-refractivity contribution in [3.63, 3.8) is 0 Å². The number of benzene rings is 1.